The first-order valence-electron chi connectivity index (χ1n) is 9.74. The molecule has 0 amide bonds. The highest BCUT2D eigenvalue weighted by Gasteiger charge is 2.43. The summed E-state index contributed by atoms with van der Waals surface area (Å²) >= 11 is 0. The van der Waals surface area contributed by atoms with Crippen molar-refractivity contribution in [3.8, 4) is 0 Å². The van der Waals surface area contributed by atoms with Crippen LogP contribution in [-0.4, -0.2) is 56.5 Å². The number of aliphatic imine (C=N–C) groups is 1. The molecule has 0 bridgehead atoms. The van der Waals surface area contributed by atoms with Crippen LogP contribution in [0.3, 0.4) is 0 Å². The number of nitrogens with one attached hydrogen (secondary N) is 1. The smallest absolute Gasteiger partial charge is 0.193 e. The molecule has 0 unspecified atom stereocenters. The molecular formula is C20H30F2IN3O2S. The highest BCUT2D eigenvalue weighted by atomic mass is 127. The van der Waals surface area contributed by atoms with Crippen molar-refractivity contribution in [2.24, 2.45) is 4.99 Å². The average Bonchev–Trinajstić information content (AvgIpc) is 3.08. The van der Waals surface area contributed by atoms with Crippen LogP contribution in [0, 0.1) is 11.6 Å². The van der Waals surface area contributed by atoms with Crippen molar-refractivity contribution in [2.75, 3.05) is 32.4 Å². The molecule has 1 aromatic carbocycles. The zero-order valence-corrected chi connectivity index (χ0v) is 20.3. The van der Waals surface area contributed by atoms with Gasteiger partial charge < -0.3 is 10.2 Å². The van der Waals surface area contributed by atoms with Gasteiger partial charge in [0.25, 0.3) is 0 Å². The van der Waals surface area contributed by atoms with Crippen LogP contribution in [-0.2, 0) is 15.3 Å². The number of nitrogens with zero attached hydrogens (tertiary/aromatic N) is 2. The molecule has 0 atom stereocenters. The highest BCUT2D eigenvalue weighted by molar-refractivity contribution is 14.0. The van der Waals surface area contributed by atoms with Gasteiger partial charge >= 0.3 is 0 Å². The van der Waals surface area contributed by atoms with Crippen molar-refractivity contribution < 1.29 is 17.2 Å². The summed E-state index contributed by atoms with van der Waals surface area (Å²) in [6, 6.07) is 4.01. The van der Waals surface area contributed by atoms with Crippen LogP contribution >= 0.6 is 24.0 Å². The first-order valence-corrected chi connectivity index (χ1v) is 11.4. The van der Waals surface area contributed by atoms with Gasteiger partial charge in [0.15, 0.2) is 15.8 Å². The third kappa shape index (κ3) is 4.70. The predicted molar refractivity (Wildman–Crippen MR) is 123 cm³/mol. The Balaban J connectivity index is 0.00000300. The molecule has 164 valence electrons. The topological polar surface area (TPSA) is 61.8 Å². The van der Waals surface area contributed by atoms with E-state index in [1.165, 1.54) is 18.2 Å². The molecule has 0 radical (unpaired) electrons. The minimum absolute atomic E-state index is 0. The van der Waals surface area contributed by atoms with Crippen LogP contribution in [0.5, 0.6) is 0 Å². The van der Waals surface area contributed by atoms with E-state index in [9.17, 15) is 17.2 Å². The number of guanidine groups is 1. The van der Waals surface area contributed by atoms with Crippen LogP contribution in [0.4, 0.5) is 8.78 Å². The molecule has 5 nitrogen and oxygen atoms in total. The van der Waals surface area contributed by atoms with Gasteiger partial charge in [-0.1, -0.05) is 18.9 Å². The summed E-state index contributed by atoms with van der Waals surface area (Å²) in [5.41, 5.74) is -0.472. The number of rotatable bonds is 3. The largest absolute Gasteiger partial charge is 0.355 e. The van der Waals surface area contributed by atoms with Gasteiger partial charge in [-0.2, -0.15) is 0 Å². The first kappa shape index (κ1) is 24.3. The quantitative estimate of drug-likeness (QED) is 0.362. The van der Waals surface area contributed by atoms with E-state index in [-0.39, 0.29) is 35.3 Å². The summed E-state index contributed by atoms with van der Waals surface area (Å²) < 4.78 is 52.7. The molecule has 1 N–H and O–H groups in total. The summed E-state index contributed by atoms with van der Waals surface area (Å²) in [7, 11) is -1.51. The third-order valence-electron chi connectivity index (χ3n) is 6.19. The monoisotopic (exact) mass is 541 g/mol. The lowest BCUT2D eigenvalue weighted by atomic mass is 9.78. The normalized spacial score (nSPS) is 22.8. The fourth-order valence-corrected chi connectivity index (χ4v) is 5.84. The molecule has 1 aliphatic carbocycles. The Labute approximate surface area is 189 Å². The maximum atomic E-state index is 14.5. The standard InChI is InChI=1S/C20H29F2N3O2S.HI/c1-19(2)14-25(11-12-28(19,26)27)18(23-3)24-13-20(9-4-5-10-20)17-15(21)7-6-8-16(17)22;/h6-8H,4-5,9-14H2,1-3H3,(H,23,24);1H. The zero-order valence-electron chi connectivity index (χ0n) is 17.2. The zero-order chi connectivity index (χ0) is 20.6. The molecule has 29 heavy (non-hydrogen) atoms. The Hall–Kier alpha value is -0.970. The van der Waals surface area contributed by atoms with Crippen molar-refractivity contribution in [3.63, 3.8) is 0 Å². The second-order valence-corrected chi connectivity index (χ2v) is 11.2. The summed E-state index contributed by atoms with van der Waals surface area (Å²) in [4.78, 5) is 6.22. The molecule has 2 fully saturated rings. The van der Waals surface area contributed by atoms with E-state index >= 15 is 0 Å². The molecule has 1 saturated heterocycles. The molecule has 1 heterocycles. The van der Waals surface area contributed by atoms with E-state index in [0.29, 0.717) is 38.4 Å². The predicted octanol–water partition coefficient (Wildman–Crippen LogP) is 3.48. The fraction of sp³-hybridized carbons (Fsp3) is 0.650. The summed E-state index contributed by atoms with van der Waals surface area (Å²) in [5, 5.41) is 3.29. The van der Waals surface area contributed by atoms with Gasteiger partial charge in [0.05, 0.1) is 10.5 Å². The molecule has 0 spiro atoms. The van der Waals surface area contributed by atoms with Crippen molar-refractivity contribution in [1.82, 2.24) is 10.2 Å². The van der Waals surface area contributed by atoms with Crippen molar-refractivity contribution in [1.29, 1.82) is 0 Å². The lowest BCUT2D eigenvalue weighted by Crippen LogP contribution is -2.58. The minimum Gasteiger partial charge on any atom is -0.355 e. The third-order valence-corrected chi connectivity index (χ3v) is 8.73. The van der Waals surface area contributed by atoms with Crippen molar-refractivity contribution >= 4 is 39.8 Å². The first-order chi connectivity index (χ1) is 13.1. The number of benzene rings is 1. The minimum atomic E-state index is -3.16. The van der Waals surface area contributed by atoms with E-state index in [0.717, 1.165) is 12.8 Å². The van der Waals surface area contributed by atoms with E-state index in [1.54, 1.807) is 20.9 Å². The molecule has 3 rings (SSSR count). The summed E-state index contributed by atoms with van der Waals surface area (Å²) in [6.07, 6.45) is 3.25. The van der Waals surface area contributed by atoms with E-state index in [1.807, 2.05) is 4.90 Å². The fourth-order valence-electron chi connectivity index (χ4n) is 4.48. The van der Waals surface area contributed by atoms with Crippen LogP contribution < -0.4 is 5.32 Å². The lowest BCUT2D eigenvalue weighted by molar-refractivity contribution is 0.339. The molecule has 0 aromatic heterocycles. The Morgan fingerprint density at radius 2 is 1.79 bits per heavy atom. The number of hydrogen-bond donors (Lipinski definition) is 1. The lowest BCUT2D eigenvalue weighted by Gasteiger charge is -2.40. The van der Waals surface area contributed by atoms with Crippen LogP contribution in [0.15, 0.2) is 23.2 Å². The second kappa shape index (κ2) is 9.03. The Kier molecular flexibility index (Phi) is 7.57. The summed E-state index contributed by atoms with van der Waals surface area (Å²) in [5.74, 6) is -0.382. The molecule has 1 aliphatic heterocycles. The Morgan fingerprint density at radius 1 is 1.21 bits per heavy atom. The van der Waals surface area contributed by atoms with Crippen molar-refractivity contribution in [2.45, 2.75) is 49.7 Å². The molecular weight excluding hydrogens is 511 g/mol. The summed E-state index contributed by atoms with van der Waals surface area (Å²) in [6.45, 7) is 4.48. The Bertz CT molecular complexity index is 848. The highest BCUT2D eigenvalue weighted by Crippen LogP contribution is 2.42. The van der Waals surface area contributed by atoms with Crippen LogP contribution in [0.1, 0.15) is 45.1 Å². The van der Waals surface area contributed by atoms with Gasteiger partial charge in [0.2, 0.25) is 0 Å². The van der Waals surface area contributed by atoms with Crippen molar-refractivity contribution in [3.05, 3.63) is 35.4 Å². The number of halogens is 3. The number of hydrogen-bond acceptors (Lipinski definition) is 3. The van der Waals surface area contributed by atoms with E-state index in [2.05, 4.69) is 10.3 Å². The Morgan fingerprint density at radius 3 is 2.31 bits per heavy atom. The van der Waals surface area contributed by atoms with Crippen LogP contribution in [0.2, 0.25) is 0 Å². The maximum Gasteiger partial charge on any atom is 0.193 e. The molecule has 9 heteroatoms. The molecule has 1 saturated carbocycles. The van der Waals surface area contributed by atoms with Gasteiger partial charge in [-0.25, -0.2) is 17.2 Å². The van der Waals surface area contributed by atoms with E-state index < -0.39 is 31.6 Å². The van der Waals surface area contributed by atoms with Gasteiger partial charge in [-0.3, -0.25) is 4.99 Å². The van der Waals surface area contributed by atoms with Gasteiger partial charge in [0.1, 0.15) is 11.6 Å². The SMILES string of the molecule is CN=C(NCC1(c2c(F)cccc2F)CCCC1)N1CCS(=O)(=O)C(C)(C)C1.I. The second-order valence-electron chi connectivity index (χ2n) is 8.48. The van der Waals surface area contributed by atoms with Crippen LogP contribution in [0.25, 0.3) is 0 Å². The van der Waals surface area contributed by atoms with E-state index in [4.69, 9.17) is 0 Å². The average molecular weight is 541 g/mol. The molecule has 2 aliphatic rings. The maximum absolute atomic E-state index is 14.5. The molecule has 1 aromatic rings. The van der Waals surface area contributed by atoms with Gasteiger partial charge in [-0.05, 0) is 38.8 Å². The van der Waals surface area contributed by atoms with Gasteiger partial charge in [0, 0.05) is 37.7 Å². The number of sulfone groups is 1. The van der Waals surface area contributed by atoms with Gasteiger partial charge in [-0.15, -0.1) is 24.0 Å².